The number of halogens is 1. The molecule has 1 heterocycles. The van der Waals surface area contributed by atoms with Crippen molar-refractivity contribution in [2.75, 3.05) is 20.3 Å². The van der Waals surface area contributed by atoms with E-state index >= 15 is 0 Å². The molecule has 4 heteroatoms. The molecule has 1 aliphatic heterocycles. The van der Waals surface area contributed by atoms with Crippen molar-refractivity contribution in [2.45, 2.75) is 36.0 Å². The maximum Gasteiger partial charge on any atom is 0.0476 e. The van der Waals surface area contributed by atoms with Gasteiger partial charge in [0, 0.05) is 34.4 Å². The molecule has 1 unspecified atom stereocenters. The highest BCUT2D eigenvalue weighted by atomic mass is 35.5. The molecule has 0 spiro atoms. The Kier molecular flexibility index (Phi) is 5.37. The Balaban J connectivity index is 2.03. The average Bonchev–Trinajstić information content (AvgIpc) is 2.39. The van der Waals surface area contributed by atoms with Crippen LogP contribution in [0.25, 0.3) is 0 Å². The van der Waals surface area contributed by atoms with E-state index in [4.69, 9.17) is 16.3 Å². The summed E-state index contributed by atoms with van der Waals surface area (Å²) in [5, 5.41) is 4.74. The first kappa shape index (κ1) is 14.2. The lowest BCUT2D eigenvalue weighted by molar-refractivity contribution is 0.100. The quantitative estimate of drug-likeness (QED) is 0.907. The molecule has 1 N–H and O–H groups in total. The van der Waals surface area contributed by atoms with Crippen LogP contribution in [0.1, 0.15) is 31.4 Å². The van der Waals surface area contributed by atoms with Crippen molar-refractivity contribution in [3.05, 3.63) is 28.8 Å². The van der Waals surface area contributed by atoms with Crippen LogP contribution in [-0.4, -0.2) is 25.5 Å². The average molecular weight is 286 g/mol. The fourth-order valence-corrected chi connectivity index (χ4v) is 3.63. The molecular formula is C14H20ClNOS. The number of hydrogen-bond donors (Lipinski definition) is 1. The zero-order chi connectivity index (χ0) is 13.0. The predicted octanol–water partition coefficient (Wildman–Crippen LogP) is 3.89. The first-order chi connectivity index (χ1) is 8.70. The summed E-state index contributed by atoms with van der Waals surface area (Å²) in [4.78, 5) is 1.26. The van der Waals surface area contributed by atoms with E-state index in [9.17, 15) is 0 Å². The van der Waals surface area contributed by atoms with Crippen molar-refractivity contribution in [3.63, 3.8) is 0 Å². The van der Waals surface area contributed by atoms with E-state index in [0.717, 1.165) is 36.6 Å². The maximum atomic E-state index is 6.34. The third-order valence-electron chi connectivity index (χ3n) is 3.34. The summed E-state index contributed by atoms with van der Waals surface area (Å²) in [7, 11) is 1.95. The summed E-state index contributed by atoms with van der Waals surface area (Å²) in [6, 6.07) is 6.69. The molecule has 0 radical (unpaired) electrons. The molecule has 0 aliphatic carbocycles. The van der Waals surface area contributed by atoms with Gasteiger partial charge in [-0.05, 0) is 44.5 Å². The summed E-state index contributed by atoms with van der Waals surface area (Å²) >= 11 is 8.26. The van der Waals surface area contributed by atoms with E-state index in [1.54, 1.807) is 0 Å². The Hall–Kier alpha value is -0.220. The fourth-order valence-electron chi connectivity index (χ4n) is 2.07. The Morgan fingerprint density at radius 2 is 2.11 bits per heavy atom. The van der Waals surface area contributed by atoms with Crippen LogP contribution in [0.5, 0.6) is 0 Å². The Bertz CT molecular complexity index is 393. The molecule has 100 valence electrons. The Labute approximate surface area is 118 Å². The molecule has 1 aromatic rings. The third kappa shape index (κ3) is 3.64. The maximum absolute atomic E-state index is 6.34. The number of thioether (sulfide) groups is 1. The molecular weight excluding hydrogens is 266 g/mol. The van der Waals surface area contributed by atoms with E-state index in [1.165, 1.54) is 4.90 Å². The van der Waals surface area contributed by atoms with E-state index in [2.05, 4.69) is 30.4 Å². The lowest BCUT2D eigenvalue weighted by Crippen LogP contribution is -2.17. The molecule has 0 bridgehead atoms. The van der Waals surface area contributed by atoms with Gasteiger partial charge in [-0.3, -0.25) is 0 Å². The SMILES string of the molecule is CNC(C)c1ccc(SC2CCOCC2)cc1Cl. The molecule has 2 rings (SSSR count). The summed E-state index contributed by atoms with van der Waals surface area (Å²) < 4.78 is 5.38. The van der Waals surface area contributed by atoms with Crippen LogP contribution in [0.15, 0.2) is 23.1 Å². The van der Waals surface area contributed by atoms with Gasteiger partial charge in [0.1, 0.15) is 0 Å². The summed E-state index contributed by atoms with van der Waals surface area (Å²) in [5.41, 5.74) is 1.16. The Morgan fingerprint density at radius 3 is 2.72 bits per heavy atom. The number of rotatable bonds is 4. The molecule has 1 saturated heterocycles. The van der Waals surface area contributed by atoms with Crippen LogP contribution in [0, 0.1) is 0 Å². The number of ether oxygens (including phenoxy) is 1. The number of hydrogen-bond acceptors (Lipinski definition) is 3. The van der Waals surface area contributed by atoms with Crippen molar-refractivity contribution in [1.82, 2.24) is 5.32 Å². The highest BCUT2D eigenvalue weighted by molar-refractivity contribution is 8.00. The van der Waals surface area contributed by atoms with E-state index in [-0.39, 0.29) is 0 Å². The minimum absolute atomic E-state index is 0.291. The normalized spacial score (nSPS) is 18.8. The van der Waals surface area contributed by atoms with Gasteiger partial charge in [0.15, 0.2) is 0 Å². The summed E-state index contributed by atoms with van der Waals surface area (Å²) in [6.45, 7) is 3.90. The van der Waals surface area contributed by atoms with Crippen molar-refractivity contribution in [2.24, 2.45) is 0 Å². The predicted molar refractivity (Wildman–Crippen MR) is 78.6 cm³/mol. The van der Waals surface area contributed by atoms with Gasteiger partial charge in [-0.1, -0.05) is 17.7 Å². The van der Waals surface area contributed by atoms with Gasteiger partial charge in [-0.15, -0.1) is 11.8 Å². The van der Waals surface area contributed by atoms with Gasteiger partial charge < -0.3 is 10.1 Å². The summed E-state index contributed by atoms with van der Waals surface area (Å²) in [5.74, 6) is 0. The van der Waals surface area contributed by atoms with Crippen molar-refractivity contribution in [1.29, 1.82) is 0 Å². The smallest absolute Gasteiger partial charge is 0.0476 e. The summed E-state index contributed by atoms with van der Waals surface area (Å²) in [6.07, 6.45) is 2.27. The van der Waals surface area contributed by atoms with E-state index in [1.807, 2.05) is 18.8 Å². The zero-order valence-electron chi connectivity index (χ0n) is 10.9. The van der Waals surface area contributed by atoms with E-state index < -0.39 is 0 Å². The second-order valence-corrected chi connectivity index (χ2v) is 6.40. The van der Waals surface area contributed by atoms with Crippen LogP contribution in [0.2, 0.25) is 5.02 Å². The molecule has 1 aliphatic rings. The topological polar surface area (TPSA) is 21.3 Å². The lowest BCUT2D eigenvalue weighted by Gasteiger charge is -2.22. The highest BCUT2D eigenvalue weighted by Gasteiger charge is 2.16. The molecule has 2 nitrogen and oxygen atoms in total. The third-order valence-corrected chi connectivity index (χ3v) is 5.00. The highest BCUT2D eigenvalue weighted by Crippen LogP contribution is 2.33. The molecule has 0 saturated carbocycles. The number of benzene rings is 1. The molecule has 18 heavy (non-hydrogen) atoms. The van der Waals surface area contributed by atoms with Crippen LogP contribution < -0.4 is 5.32 Å². The van der Waals surface area contributed by atoms with Crippen LogP contribution >= 0.6 is 23.4 Å². The van der Waals surface area contributed by atoms with Crippen LogP contribution in [-0.2, 0) is 4.74 Å². The van der Waals surface area contributed by atoms with Gasteiger partial charge >= 0.3 is 0 Å². The van der Waals surface area contributed by atoms with Crippen molar-refractivity contribution < 1.29 is 4.74 Å². The Morgan fingerprint density at radius 1 is 1.39 bits per heavy atom. The van der Waals surface area contributed by atoms with Gasteiger partial charge in [0.05, 0.1) is 0 Å². The lowest BCUT2D eigenvalue weighted by atomic mass is 10.1. The standard InChI is InChI=1S/C14H20ClNOS/c1-10(16-2)13-4-3-12(9-14(13)15)18-11-5-7-17-8-6-11/h3-4,9-11,16H,5-8H2,1-2H3. The second kappa shape index (κ2) is 6.80. The van der Waals surface area contributed by atoms with E-state index in [0.29, 0.717) is 11.3 Å². The van der Waals surface area contributed by atoms with Crippen molar-refractivity contribution in [3.8, 4) is 0 Å². The van der Waals surface area contributed by atoms with Crippen LogP contribution in [0.4, 0.5) is 0 Å². The molecule has 1 aromatic carbocycles. The van der Waals surface area contributed by atoms with Crippen molar-refractivity contribution >= 4 is 23.4 Å². The molecule has 1 atom stereocenters. The van der Waals surface area contributed by atoms with Gasteiger partial charge in [-0.25, -0.2) is 0 Å². The molecule has 0 aromatic heterocycles. The minimum Gasteiger partial charge on any atom is -0.381 e. The van der Waals surface area contributed by atoms with Crippen LogP contribution in [0.3, 0.4) is 0 Å². The first-order valence-corrected chi connectivity index (χ1v) is 7.67. The molecule has 0 amide bonds. The largest absolute Gasteiger partial charge is 0.381 e. The first-order valence-electron chi connectivity index (χ1n) is 6.42. The zero-order valence-corrected chi connectivity index (χ0v) is 12.5. The fraction of sp³-hybridized carbons (Fsp3) is 0.571. The molecule has 1 fully saturated rings. The second-order valence-electron chi connectivity index (χ2n) is 4.62. The monoisotopic (exact) mass is 285 g/mol. The van der Waals surface area contributed by atoms with Gasteiger partial charge in [-0.2, -0.15) is 0 Å². The van der Waals surface area contributed by atoms with Gasteiger partial charge in [0.2, 0.25) is 0 Å². The number of nitrogens with one attached hydrogen (secondary N) is 1. The van der Waals surface area contributed by atoms with Gasteiger partial charge in [0.25, 0.3) is 0 Å². The minimum atomic E-state index is 0.291.